The number of nitrogens with zero attached hydrogens (tertiary/aromatic N) is 1. The molecule has 4 aromatic rings. The number of nitrogens with two attached hydrogens (primary N) is 1. The number of hydrogen-bond donors (Lipinski definition) is 3. The van der Waals surface area contributed by atoms with Gasteiger partial charge in [-0.3, -0.25) is 9.20 Å². The van der Waals surface area contributed by atoms with Gasteiger partial charge in [0, 0.05) is 0 Å². The molecule has 2 heterocycles. The van der Waals surface area contributed by atoms with Gasteiger partial charge in [-0.05, 0) is 38.5 Å². The fourth-order valence-electron chi connectivity index (χ4n) is 4.07. The Balaban J connectivity index is 2.38. The van der Waals surface area contributed by atoms with Gasteiger partial charge in [0.15, 0.2) is 11.6 Å². The predicted molar refractivity (Wildman–Crippen MR) is 127 cm³/mol. The first-order valence-corrected chi connectivity index (χ1v) is 10.1. The molecule has 0 aliphatic heterocycles. The first-order valence-electron chi connectivity index (χ1n) is 10.1. The van der Waals surface area contributed by atoms with E-state index in [1.807, 2.05) is 0 Å². The summed E-state index contributed by atoms with van der Waals surface area (Å²) in [4.78, 5) is 28.0. The average molecular weight is 449 g/mol. The molecule has 0 aliphatic carbocycles. The molecular weight excluding hydrogens is 428 g/mol. The van der Waals surface area contributed by atoms with Crippen LogP contribution in [0.4, 0.5) is 14.5 Å². The minimum atomic E-state index is -1.54. The highest BCUT2D eigenvalue weighted by Gasteiger charge is 2.29. The number of hydrogen-bond acceptors (Lipinski definition) is 3. The number of nitrogen functional groups attached to an aromatic ring is 1. The van der Waals surface area contributed by atoms with Gasteiger partial charge < -0.3 is 15.8 Å². The number of rotatable bonds is 4. The van der Waals surface area contributed by atoms with E-state index in [0.29, 0.717) is 16.6 Å². The van der Waals surface area contributed by atoms with Crippen LogP contribution >= 0.6 is 0 Å². The van der Waals surface area contributed by atoms with Crippen LogP contribution in [0.1, 0.15) is 36.7 Å². The highest BCUT2D eigenvalue weighted by molar-refractivity contribution is 6.06. The van der Waals surface area contributed by atoms with Crippen molar-refractivity contribution < 1.29 is 18.7 Å². The lowest BCUT2D eigenvalue weighted by Gasteiger charge is -2.15. The number of imidazole rings is 1. The SMILES string of the molecule is C=C(C)/C=C(\C=C(C)C)c1c(F)c(N)c2c(=O)c(C(=O)O)c3[nH]c4ccccc4n3c2c1F. The lowest BCUT2D eigenvalue weighted by atomic mass is 9.96. The van der Waals surface area contributed by atoms with Crippen LogP contribution in [0, 0.1) is 11.6 Å². The van der Waals surface area contributed by atoms with Crippen molar-refractivity contribution in [2.24, 2.45) is 0 Å². The molecule has 6 nitrogen and oxygen atoms in total. The third kappa shape index (κ3) is 3.31. The molecule has 0 saturated carbocycles. The summed E-state index contributed by atoms with van der Waals surface area (Å²) >= 11 is 0. The lowest BCUT2D eigenvalue weighted by Crippen LogP contribution is -2.21. The number of carboxylic acid groups (broad SMARTS) is 1. The maximum atomic E-state index is 16.2. The van der Waals surface area contributed by atoms with Crippen LogP contribution in [0.2, 0.25) is 0 Å². The van der Waals surface area contributed by atoms with Crippen LogP contribution in [0.15, 0.2) is 58.9 Å². The lowest BCUT2D eigenvalue weighted by molar-refractivity contribution is 0.0697. The molecule has 0 spiro atoms. The highest BCUT2D eigenvalue weighted by atomic mass is 19.1. The molecule has 4 rings (SSSR count). The van der Waals surface area contributed by atoms with Gasteiger partial charge in [0.05, 0.1) is 33.2 Å². The van der Waals surface area contributed by atoms with Crippen molar-refractivity contribution in [3.05, 3.63) is 87.1 Å². The molecule has 2 aromatic carbocycles. The van der Waals surface area contributed by atoms with E-state index in [1.165, 1.54) is 10.5 Å². The van der Waals surface area contributed by atoms with Gasteiger partial charge in [0.2, 0.25) is 5.43 Å². The molecule has 4 N–H and O–H groups in total. The van der Waals surface area contributed by atoms with E-state index in [4.69, 9.17) is 5.73 Å². The Labute approximate surface area is 187 Å². The Hall–Kier alpha value is -4.20. The van der Waals surface area contributed by atoms with Gasteiger partial charge in [-0.1, -0.05) is 42.0 Å². The number of halogens is 2. The third-order valence-corrected chi connectivity index (χ3v) is 5.27. The number of allylic oxidation sites excluding steroid dienone is 5. The molecule has 0 unspecified atom stereocenters. The highest BCUT2D eigenvalue weighted by Crippen LogP contribution is 2.36. The zero-order valence-corrected chi connectivity index (χ0v) is 18.2. The predicted octanol–water partition coefficient (Wildman–Crippen LogP) is 5.42. The minimum absolute atomic E-state index is 0.121. The Morgan fingerprint density at radius 3 is 2.39 bits per heavy atom. The van der Waals surface area contributed by atoms with Crippen LogP contribution in [-0.4, -0.2) is 20.5 Å². The summed E-state index contributed by atoms with van der Waals surface area (Å²) in [5.74, 6) is -3.71. The fourth-order valence-corrected chi connectivity index (χ4v) is 4.07. The largest absolute Gasteiger partial charge is 0.477 e. The number of nitrogens with one attached hydrogen (secondary N) is 1. The standard InChI is InChI=1S/C25H21F2N3O3/c1-11(2)9-13(10-12(3)4)16-19(26)21(28)17-22(20(16)27)30-15-8-6-5-7-14(15)29-24(30)18(23(17)31)25(32)33/h5-10,29H,1,28H2,2-4H3,(H,32,33)/b13-9+. The van der Waals surface area contributed by atoms with Gasteiger partial charge in [0.1, 0.15) is 11.2 Å². The van der Waals surface area contributed by atoms with E-state index >= 15 is 8.78 Å². The van der Waals surface area contributed by atoms with Crippen LogP contribution in [0.25, 0.3) is 33.2 Å². The Morgan fingerprint density at radius 2 is 1.79 bits per heavy atom. The molecule has 0 fully saturated rings. The zero-order chi connectivity index (χ0) is 24.2. The Morgan fingerprint density at radius 1 is 1.12 bits per heavy atom. The van der Waals surface area contributed by atoms with Crippen molar-refractivity contribution in [2.75, 3.05) is 5.73 Å². The van der Waals surface area contributed by atoms with Crippen LogP contribution < -0.4 is 11.2 Å². The monoisotopic (exact) mass is 449 g/mol. The van der Waals surface area contributed by atoms with Crippen molar-refractivity contribution in [2.45, 2.75) is 20.8 Å². The molecule has 0 amide bonds. The number of carboxylic acids is 1. The third-order valence-electron chi connectivity index (χ3n) is 5.27. The minimum Gasteiger partial charge on any atom is -0.477 e. The summed E-state index contributed by atoms with van der Waals surface area (Å²) < 4.78 is 33.0. The number of para-hydroxylation sites is 2. The van der Waals surface area contributed by atoms with Gasteiger partial charge in [0.25, 0.3) is 0 Å². The van der Waals surface area contributed by atoms with Crippen molar-refractivity contribution in [3.8, 4) is 0 Å². The molecule has 33 heavy (non-hydrogen) atoms. The quantitative estimate of drug-likeness (QED) is 0.286. The number of aromatic amines is 1. The molecule has 0 radical (unpaired) electrons. The number of pyridine rings is 1. The number of aromatic nitrogens is 2. The summed E-state index contributed by atoms with van der Waals surface area (Å²) in [6, 6.07) is 6.68. The number of fused-ring (bicyclic) bond motifs is 5. The van der Waals surface area contributed by atoms with Crippen LogP contribution in [0.3, 0.4) is 0 Å². The normalized spacial score (nSPS) is 12.0. The number of benzene rings is 2. The van der Waals surface area contributed by atoms with E-state index in [2.05, 4.69) is 11.6 Å². The van der Waals surface area contributed by atoms with Gasteiger partial charge >= 0.3 is 5.97 Å². The van der Waals surface area contributed by atoms with Crippen molar-refractivity contribution in [1.29, 1.82) is 0 Å². The number of aromatic carboxylic acids is 1. The molecule has 8 heteroatoms. The van der Waals surface area contributed by atoms with Crippen molar-refractivity contribution in [1.82, 2.24) is 9.38 Å². The van der Waals surface area contributed by atoms with E-state index < -0.39 is 45.2 Å². The second-order valence-corrected chi connectivity index (χ2v) is 8.14. The van der Waals surface area contributed by atoms with E-state index in [9.17, 15) is 14.7 Å². The summed E-state index contributed by atoms with van der Waals surface area (Å²) in [6.45, 7) is 9.02. The summed E-state index contributed by atoms with van der Waals surface area (Å²) in [5.41, 5.74) is 5.23. The Kier molecular flexibility index (Phi) is 5.16. The maximum absolute atomic E-state index is 16.2. The number of carbonyl (C=O) groups is 1. The summed E-state index contributed by atoms with van der Waals surface area (Å²) in [6.07, 6.45) is 3.10. The first kappa shape index (κ1) is 22.0. The van der Waals surface area contributed by atoms with Crippen molar-refractivity contribution >= 4 is 44.8 Å². The van der Waals surface area contributed by atoms with Gasteiger partial charge in [-0.25, -0.2) is 13.6 Å². The molecule has 168 valence electrons. The molecule has 2 aromatic heterocycles. The van der Waals surface area contributed by atoms with E-state index in [-0.39, 0.29) is 16.7 Å². The average Bonchev–Trinajstić information content (AvgIpc) is 3.08. The van der Waals surface area contributed by atoms with Gasteiger partial charge in [-0.2, -0.15) is 0 Å². The summed E-state index contributed by atoms with van der Waals surface area (Å²) in [5, 5.41) is 9.20. The van der Waals surface area contributed by atoms with Crippen LogP contribution in [0.5, 0.6) is 0 Å². The van der Waals surface area contributed by atoms with Gasteiger partial charge in [-0.15, -0.1) is 0 Å². The van der Waals surface area contributed by atoms with Crippen LogP contribution in [-0.2, 0) is 0 Å². The zero-order valence-electron chi connectivity index (χ0n) is 18.2. The number of anilines is 1. The smallest absolute Gasteiger partial charge is 0.343 e. The molecule has 0 bridgehead atoms. The molecule has 0 saturated heterocycles. The molecule has 0 aliphatic rings. The second-order valence-electron chi connectivity index (χ2n) is 8.14. The fraction of sp³-hybridized carbons (Fsp3) is 0.120. The molecular formula is C25H21F2N3O3. The second kappa shape index (κ2) is 7.74. The van der Waals surface area contributed by atoms with Crippen molar-refractivity contribution in [3.63, 3.8) is 0 Å². The van der Waals surface area contributed by atoms with E-state index in [0.717, 1.165) is 5.57 Å². The first-order chi connectivity index (χ1) is 15.5. The Bertz CT molecular complexity index is 1630. The summed E-state index contributed by atoms with van der Waals surface area (Å²) in [7, 11) is 0. The number of H-pyrrole nitrogens is 1. The molecule has 0 atom stereocenters. The maximum Gasteiger partial charge on any atom is 0.343 e. The topological polar surface area (TPSA) is 101 Å². The van der Waals surface area contributed by atoms with E-state index in [1.54, 1.807) is 51.1 Å².